The van der Waals surface area contributed by atoms with Crippen molar-refractivity contribution in [1.82, 2.24) is 0 Å². The summed E-state index contributed by atoms with van der Waals surface area (Å²) in [6, 6.07) is 0. The molecule has 0 fully saturated rings. The number of hydrogen-bond acceptors (Lipinski definition) is 2. The Labute approximate surface area is 120 Å². The Kier molecular flexibility index (Phi) is 5.78. The van der Waals surface area contributed by atoms with Crippen LogP contribution in [0.3, 0.4) is 0 Å². The number of hydrogen-bond donors (Lipinski definition) is 1. The molecule has 1 rings (SSSR count). The zero-order valence-electron chi connectivity index (χ0n) is 12.4. The fourth-order valence-electron chi connectivity index (χ4n) is 1.72. The minimum Gasteiger partial charge on any atom is -0.469 e. The molecule has 0 spiro atoms. The highest BCUT2D eigenvalue weighted by Crippen LogP contribution is 2.17. The first kappa shape index (κ1) is 15.8. The average Bonchev–Trinajstić information content (AvgIpc) is 2.65. The number of amides is 1. The quantitative estimate of drug-likeness (QED) is 0.653. The van der Waals surface area contributed by atoms with Crippen LogP contribution in [-0.4, -0.2) is 5.91 Å². The van der Waals surface area contributed by atoms with Gasteiger partial charge in [0.25, 0.3) is 0 Å². The maximum Gasteiger partial charge on any atom is 0.241 e. The van der Waals surface area contributed by atoms with Gasteiger partial charge in [-0.2, -0.15) is 0 Å². The molecule has 20 heavy (non-hydrogen) atoms. The van der Waals surface area contributed by atoms with Crippen LogP contribution >= 0.6 is 0 Å². The van der Waals surface area contributed by atoms with Crippen LogP contribution in [-0.2, 0) is 4.79 Å². The van der Waals surface area contributed by atoms with Crippen LogP contribution < -0.4 is 5.73 Å². The van der Waals surface area contributed by atoms with E-state index in [0.717, 1.165) is 28.0 Å². The molecule has 1 amide bonds. The smallest absolute Gasteiger partial charge is 0.241 e. The Morgan fingerprint density at radius 3 is 2.45 bits per heavy atom. The first-order valence-corrected chi connectivity index (χ1v) is 6.45. The Hall–Kier alpha value is -2.29. The van der Waals surface area contributed by atoms with E-state index in [4.69, 9.17) is 10.2 Å². The number of rotatable bonds is 5. The molecule has 0 aliphatic rings. The van der Waals surface area contributed by atoms with E-state index < -0.39 is 5.91 Å². The molecule has 0 bridgehead atoms. The third kappa shape index (κ3) is 5.14. The monoisotopic (exact) mass is 271 g/mol. The zero-order valence-corrected chi connectivity index (χ0v) is 12.4. The summed E-state index contributed by atoms with van der Waals surface area (Å²) in [4.78, 5) is 10.7. The molecule has 0 atom stereocenters. The Bertz CT molecular complexity index is 579. The van der Waals surface area contributed by atoms with Gasteiger partial charge in [0.05, 0.1) is 6.26 Å². The third-order valence-corrected chi connectivity index (χ3v) is 2.82. The van der Waals surface area contributed by atoms with Crippen molar-refractivity contribution in [1.29, 1.82) is 0 Å². The summed E-state index contributed by atoms with van der Waals surface area (Å²) in [5.74, 6) is 0.487. The van der Waals surface area contributed by atoms with Crippen LogP contribution in [0.1, 0.15) is 30.7 Å². The van der Waals surface area contributed by atoms with Crippen LogP contribution in [0, 0.1) is 13.8 Å². The molecule has 3 nitrogen and oxygen atoms in total. The lowest BCUT2D eigenvalue weighted by Gasteiger charge is -1.93. The summed E-state index contributed by atoms with van der Waals surface area (Å²) in [6.07, 6.45) is 12.9. The fraction of sp³-hybridized carbons (Fsp3) is 0.235. The van der Waals surface area contributed by atoms with E-state index in [1.807, 2.05) is 58.1 Å². The summed E-state index contributed by atoms with van der Waals surface area (Å²) in [5, 5.41) is 0. The number of carbonyl (C=O) groups is 1. The second-order valence-electron chi connectivity index (χ2n) is 4.78. The molecule has 0 saturated carbocycles. The molecule has 0 aliphatic carbocycles. The van der Waals surface area contributed by atoms with Crippen LogP contribution in [0.25, 0.3) is 6.08 Å². The molecule has 0 saturated heterocycles. The number of aryl methyl sites for hydroxylation is 2. The number of furan rings is 1. The van der Waals surface area contributed by atoms with Gasteiger partial charge in [0.2, 0.25) is 5.91 Å². The van der Waals surface area contributed by atoms with Gasteiger partial charge in [-0.3, -0.25) is 4.79 Å². The number of nitrogens with two attached hydrogens (primary N) is 1. The molecule has 0 unspecified atom stereocenters. The first-order valence-electron chi connectivity index (χ1n) is 6.45. The first-order chi connectivity index (χ1) is 9.40. The van der Waals surface area contributed by atoms with Crippen molar-refractivity contribution >= 4 is 12.0 Å². The summed E-state index contributed by atoms with van der Waals surface area (Å²) >= 11 is 0. The van der Waals surface area contributed by atoms with Crippen molar-refractivity contribution in [2.75, 3.05) is 0 Å². The summed E-state index contributed by atoms with van der Waals surface area (Å²) < 4.78 is 5.34. The van der Waals surface area contributed by atoms with Crippen LogP contribution in [0.5, 0.6) is 0 Å². The topological polar surface area (TPSA) is 56.2 Å². The van der Waals surface area contributed by atoms with E-state index in [1.165, 1.54) is 6.08 Å². The maximum absolute atomic E-state index is 10.7. The summed E-state index contributed by atoms with van der Waals surface area (Å²) in [7, 11) is 0. The number of allylic oxidation sites excluding steroid dienone is 6. The van der Waals surface area contributed by atoms with E-state index >= 15 is 0 Å². The Balaban J connectivity index is 2.72. The van der Waals surface area contributed by atoms with Gasteiger partial charge in [-0.15, -0.1) is 0 Å². The van der Waals surface area contributed by atoms with Crippen molar-refractivity contribution in [3.8, 4) is 0 Å². The molecule has 1 aromatic heterocycles. The summed E-state index contributed by atoms with van der Waals surface area (Å²) in [6.45, 7) is 7.81. The number of primary amides is 1. The van der Waals surface area contributed by atoms with Crippen molar-refractivity contribution in [2.45, 2.75) is 27.7 Å². The average molecular weight is 271 g/mol. The predicted molar refractivity (Wildman–Crippen MR) is 83.1 cm³/mol. The lowest BCUT2D eigenvalue weighted by Crippen LogP contribution is -2.06. The van der Waals surface area contributed by atoms with Crippen molar-refractivity contribution in [3.63, 3.8) is 0 Å². The van der Waals surface area contributed by atoms with Gasteiger partial charge in [0.1, 0.15) is 5.76 Å². The molecule has 3 heteroatoms. The molecule has 1 heterocycles. The van der Waals surface area contributed by atoms with Crippen molar-refractivity contribution in [3.05, 3.63) is 64.7 Å². The van der Waals surface area contributed by atoms with Gasteiger partial charge >= 0.3 is 0 Å². The largest absolute Gasteiger partial charge is 0.469 e. The van der Waals surface area contributed by atoms with Gasteiger partial charge in [0.15, 0.2) is 0 Å². The van der Waals surface area contributed by atoms with Gasteiger partial charge in [-0.25, -0.2) is 0 Å². The molecule has 106 valence electrons. The minimum absolute atomic E-state index is 0.432. The Morgan fingerprint density at radius 2 is 1.90 bits per heavy atom. The SMILES string of the molecule is CC(C=Cc1c(C)coc1C)=CC=CC(C)=CC(N)=O. The van der Waals surface area contributed by atoms with Crippen molar-refractivity contribution in [2.24, 2.45) is 5.73 Å². The van der Waals surface area contributed by atoms with E-state index in [2.05, 4.69) is 0 Å². The molecule has 2 N–H and O–H groups in total. The lowest BCUT2D eigenvalue weighted by molar-refractivity contribution is -0.113. The zero-order chi connectivity index (χ0) is 15.1. The molecular weight excluding hydrogens is 250 g/mol. The van der Waals surface area contributed by atoms with E-state index in [0.29, 0.717) is 0 Å². The van der Waals surface area contributed by atoms with Gasteiger partial charge in [-0.1, -0.05) is 36.0 Å². The maximum atomic E-state index is 10.7. The van der Waals surface area contributed by atoms with Crippen LogP contribution in [0.2, 0.25) is 0 Å². The van der Waals surface area contributed by atoms with E-state index in [1.54, 1.807) is 6.26 Å². The predicted octanol–water partition coefficient (Wildman–Crippen LogP) is 3.84. The molecule has 0 aliphatic heterocycles. The molecule has 1 aromatic rings. The highest BCUT2D eigenvalue weighted by atomic mass is 16.3. The fourth-order valence-corrected chi connectivity index (χ4v) is 1.72. The van der Waals surface area contributed by atoms with Gasteiger partial charge < -0.3 is 10.2 Å². The van der Waals surface area contributed by atoms with E-state index in [9.17, 15) is 4.79 Å². The van der Waals surface area contributed by atoms with Gasteiger partial charge in [-0.05, 0) is 38.8 Å². The normalized spacial score (nSPS) is 13.6. The van der Waals surface area contributed by atoms with Crippen molar-refractivity contribution < 1.29 is 9.21 Å². The highest BCUT2D eigenvalue weighted by Gasteiger charge is 2.01. The highest BCUT2D eigenvalue weighted by molar-refractivity contribution is 5.86. The second-order valence-corrected chi connectivity index (χ2v) is 4.78. The van der Waals surface area contributed by atoms with E-state index in [-0.39, 0.29) is 0 Å². The van der Waals surface area contributed by atoms with Crippen LogP contribution in [0.4, 0.5) is 0 Å². The third-order valence-electron chi connectivity index (χ3n) is 2.82. The van der Waals surface area contributed by atoms with Crippen LogP contribution in [0.15, 0.2) is 52.2 Å². The summed E-state index contributed by atoms with van der Waals surface area (Å²) in [5.41, 5.74) is 9.25. The lowest BCUT2D eigenvalue weighted by atomic mass is 10.1. The van der Waals surface area contributed by atoms with Gasteiger partial charge in [0, 0.05) is 11.6 Å². The Morgan fingerprint density at radius 1 is 1.20 bits per heavy atom. The molecule has 0 aromatic carbocycles. The molecular formula is C17H21NO2. The standard InChI is InChI=1S/C17H21NO2/c1-12(6-5-7-13(2)10-17(18)19)8-9-16-14(3)11-20-15(16)4/h5-11H,1-4H3,(H2,18,19). The molecule has 0 radical (unpaired) electrons. The minimum atomic E-state index is -0.432. The number of carbonyl (C=O) groups excluding carboxylic acids is 1. The second kappa shape index (κ2) is 7.34.